The molecule has 1 saturated carbocycles. The summed E-state index contributed by atoms with van der Waals surface area (Å²) in [6.07, 6.45) is 7.79. The van der Waals surface area contributed by atoms with Crippen molar-refractivity contribution in [2.24, 2.45) is 11.8 Å². The minimum absolute atomic E-state index is 0.0172. The molecule has 3 N–H and O–H groups in total. The number of carbonyl (C=O) groups is 2. The summed E-state index contributed by atoms with van der Waals surface area (Å²) in [5.41, 5.74) is 1.00. The van der Waals surface area contributed by atoms with Crippen LogP contribution in [0.3, 0.4) is 0 Å². The first kappa shape index (κ1) is 29.4. The number of amides is 2. The van der Waals surface area contributed by atoms with Crippen LogP contribution in [0.2, 0.25) is 0 Å². The number of benzene rings is 1. The summed E-state index contributed by atoms with van der Waals surface area (Å²) in [6, 6.07) is 4.97. The lowest BCUT2D eigenvalue weighted by Crippen LogP contribution is -2.47. The van der Waals surface area contributed by atoms with Gasteiger partial charge in [-0.2, -0.15) is 0 Å². The zero-order valence-electron chi connectivity index (χ0n) is 23.1. The molecule has 2 amide bonds. The van der Waals surface area contributed by atoms with Gasteiger partial charge in [-0.05, 0) is 71.2 Å². The average Bonchev–Trinajstić information content (AvgIpc) is 2.90. The van der Waals surface area contributed by atoms with Gasteiger partial charge in [0.25, 0.3) is 5.91 Å². The van der Waals surface area contributed by atoms with Crippen LogP contribution in [-0.2, 0) is 9.53 Å². The Kier molecular flexibility index (Phi) is 11.7. The molecule has 1 aromatic rings. The first-order chi connectivity index (χ1) is 17.8. The molecule has 8 nitrogen and oxygen atoms in total. The number of hydrogen-bond acceptors (Lipinski definition) is 6. The Morgan fingerprint density at radius 2 is 1.86 bits per heavy atom. The number of nitrogens with one attached hydrogen (secondary N) is 2. The fourth-order valence-electron chi connectivity index (χ4n) is 5.30. The van der Waals surface area contributed by atoms with E-state index in [1.165, 1.54) is 6.42 Å². The molecule has 3 rings (SSSR count). The van der Waals surface area contributed by atoms with Gasteiger partial charge in [-0.3, -0.25) is 9.59 Å². The predicted molar refractivity (Wildman–Crippen MR) is 146 cm³/mol. The van der Waals surface area contributed by atoms with Gasteiger partial charge in [-0.25, -0.2) is 0 Å². The Bertz CT molecular complexity index is 873. The monoisotopic (exact) mass is 517 g/mol. The Balaban J connectivity index is 1.93. The highest BCUT2D eigenvalue weighted by Gasteiger charge is 2.30. The van der Waals surface area contributed by atoms with Gasteiger partial charge in [0.15, 0.2) is 0 Å². The standard InChI is InChI=1S/C29H47N3O5/c1-20-18-32(21(2)19-33)29(35)25-16-24(31-28(34)23-11-6-5-7-12-23)13-14-26(25)37-22(3)10-8-9-15-36-27(20)17-30-4/h13-14,16,20-23,27,30,33H,5-12,15,17-19H2,1-4H3,(H,31,34)/t20-,21-,22-,27+/m0/s1. The number of likely N-dealkylation sites (N-methyl/N-ethyl adjacent to an activating group) is 1. The van der Waals surface area contributed by atoms with Gasteiger partial charge in [0.05, 0.1) is 30.4 Å². The molecule has 8 heteroatoms. The molecular weight excluding hydrogens is 470 g/mol. The van der Waals surface area contributed by atoms with Crippen LogP contribution in [0.5, 0.6) is 5.75 Å². The van der Waals surface area contributed by atoms with E-state index in [1.54, 1.807) is 17.0 Å². The van der Waals surface area contributed by atoms with Crippen molar-refractivity contribution in [3.8, 4) is 5.75 Å². The van der Waals surface area contributed by atoms with Gasteiger partial charge in [0.2, 0.25) is 5.91 Å². The maximum absolute atomic E-state index is 14.0. The summed E-state index contributed by atoms with van der Waals surface area (Å²) in [4.78, 5) is 28.7. The van der Waals surface area contributed by atoms with E-state index in [-0.39, 0.29) is 48.5 Å². The van der Waals surface area contributed by atoms with Crippen LogP contribution >= 0.6 is 0 Å². The highest BCUT2D eigenvalue weighted by atomic mass is 16.5. The summed E-state index contributed by atoms with van der Waals surface area (Å²) < 4.78 is 12.5. The minimum Gasteiger partial charge on any atom is -0.490 e. The van der Waals surface area contributed by atoms with E-state index in [0.29, 0.717) is 36.7 Å². The molecule has 4 atom stereocenters. The van der Waals surface area contributed by atoms with Crippen LogP contribution in [0.15, 0.2) is 18.2 Å². The molecule has 1 fully saturated rings. The van der Waals surface area contributed by atoms with E-state index in [2.05, 4.69) is 17.6 Å². The summed E-state index contributed by atoms with van der Waals surface area (Å²) in [7, 11) is 1.90. The predicted octanol–water partition coefficient (Wildman–Crippen LogP) is 4.22. The van der Waals surface area contributed by atoms with Crippen molar-refractivity contribution in [1.82, 2.24) is 10.2 Å². The zero-order valence-corrected chi connectivity index (χ0v) is 23.1. The fourth-order valence-corrected chi connectivity index (χ4v) is 5.30. The maximum Gasteiger partial charge on any atom is 0.258 e. The average molecular weight is 518 g/mol. The lowest BCUT2D eigenvalue weighted by atomic mass is 9.88. The lowest BCUT2D eigenvalue weighted by Gasteiger charge is -2.34. The van der Waals surface area contributed by atoms with E-state index in [1.807, 2.05) is 27.0 Å². The topological polar surface area (TPSA) is 100 Å². The summed E-state index contributed by atoms with van der Waals surface area (Å²) in [5, 5.41) is 16.3. The van der Waals surface area contributed by atoms with Gasteiger partial charge in [0, 0.05) is 37.2 Å². The molecule has 0 unspecified atom stereocenters. The van der Waals surface area contributed by atoms with E-state index >= 15 is 0 Å². The van der Waals surface area contributed by atoms with Gasteiger partial charge in [0.1, 0.15) is 5.75 Å². The summed E-state index contributed by atoms with van der Waals surface area (Å²) >= 11 is 0. The summed E-state index contributed by atoms with van der Waals surface area (Å²) in [6.45, 7) is 7.57. The second kappa shape index (κ2) is 14.7. The van der Waals surface area contributed by atoms with E-state index in [0.717, 1.165) is 44.9 Å². The Morgan fingerprint density at radius 3 is 2.57 bits per heavy atom. The molecule has 0 saturated heterocycles. The number of rotatable bonds is 6. The van der Waals surface area contributed by atoms with E-state index < -0.39 is 0 Å². The SMILES string of the molecule is CNC[C@H]1OCCCC[C@H](C)Oc2ccc(NC(=O)C3CCCCC3)cc2C(=O)N([C@@H](C)CO)C[C@@H]1C. The van der Waals surface area contributed by atoms with Crippen molar-refractivity contribution < 1.29 is 24.2 Å². The Morgan fingerprint density at radius 1 is 1.14 bits per heavy atom. The number of aliphatic hydroxyl groups excluding tert-OH is 1. The van der Waals surface area contributed by atoms with E-state index in [9.17, 15) is 14.7 Å². The lowest BCUT2D eigenvalue weighted by molar-refractivity contribution is -0.120. The van der Waals surface area contributed by atoms with Crippen LogP contribution in [0.1, 0.15) is 82.5 Å². The number of ether oxygens (including phenoxy) is 2. The second-order valence-corrected chi connectivity index (χ2v) is 10.9. The number of carbonyl (C=O) groups excluding carboxylic acids is 2. The maximum atomic E-state index is 14.0. The van der Waals surface area contributed by atoms with Gasteiger partial charge in [-0.15, -0.1) is 0 Å². The van der Waals surface area contributed by atoms with Crippen LogP contribution in [0.4, 0.5) is 5.69 Å². The molecule has 2 aliphatic rings. The molecule has 0 spiro atoms. The van der Waals surface area contributed by atoms with Crippen molar-refractivity contribution >= 4 is 17.5 Å². The van der Waals surface area contributed by atoms with Gasteiger partial charge in [-0.1, -0.05) is 26.2 Å². The fraction of sp³-hybridized carbons (Fsp3) is 0.724. The highest BCUT2D eigenvalue weighted by molar-refractivity contribution is 6.00. The number of anilines is 1. The minimum atomic E-state index is -0.385. The van der Waals surface area contributed by atoms with Crippen molar-refractivity contribution in [2.75, 3.05) is 38.7 Å². The van der Waals surface area contributed by atoms with Crippen molar-refractivity contribution in [3.05, 3.63) is 23.8 Å². The van der Waals surface area contributed by atoms with E-state index in [4.69, 9.17) is 9.47 Å². The van der Waals surface area contributed by atoms with Crippen LogP contribution in [-0.4, -0.2) is 73.4 Å². The third-order valence-corrected chi connectivity index (χ3v) is 7.70. The zero-order chi connectivity index (χ0) is 26.8. The van der Waals surface area contributed by atoms with Gasteiger partial charge >= 0.3 is 0 Å². The molecular formula is C29H47N3O5. The number of hydrogen-bond donors (Lipinski definition) is 3. The second-order valence-electron chi connectivity index (χ2n) is 10.9. The molecule has 1 aromatic carbocycles. The van der Waals surface area contributed by atoms with Crippen LogP contribution in [0, 0.1) is 11.8 Å². The Labute approximate surface area is 222 Å². The van der Waals surface area contributed by atoms with Crippen LogP contribution < -0.4 is 15.4 Å². The molecule has 0 bridgehead atoms. The molecule has 1 heterocycles. The van der Waals surface area contributed by atoms with Crippen LogP contribution in [0.25, 0.3) is 0 Å². The third kappa shape index (κ3) is 8.42. The largest absolute Gasteiger partial charge is 0.490 e. The number of nitrogens with zero attached hydrogens (tertiary/aromatic N) is 1. The normalized spacial score (nSPS) is 25.5. The number of aliphatic hydroxyl groups is 1. The highest BCUT2D eigenvalue weighted by Crippen LogP contribution is 2.30. The molecule has 0 radical (unpaired) electrons. The third-order valence-electron chi connectivity index (χ3n) is 7.70. The first-order valence-corrected chi connectivity index (χ1v) is 14.1. The molecule has 37 heavy (non-hydrogen) atoms. The van der Waals surface area contributed by atoms with Crippen molar-refractivity contribution in [3.63, 3.8) is 0 Å². The first-order valence-electron chi connectivity index (χ1n) is 14.1. The molecule has 1 aliphatic heterocycles. The molecule has 0 aromatic heterocycles. The summed E-state index contributed by atoms with van der Waals surface area (Å²) in [5.74, 6) is 0.375. The Hall–Kier alpha value is -2.16. The van der Waals surface area contributed by atoms with Crippen molar-refractivity contribution in [2.45, 2.75) is 90.4 Å². The molecule has 208 valence electrons. The van der Waals surface area contributed by atoms with Crippen molar-refractivity contribution in [1.29, 1.82) is 0 Å². The quantitative estimate of drug-likeness (QED) is 0.523. The molecule has 1 aliphatic carbocycles. The van der Waals surface area contributed by atoms with Gasteiger partial charge < -0.3 is 30.1 Å². The smallest absolute Gasteiger partial charge is 0.258 e. The number of fused-ring (bicyclic) bond motifs is 1.